The average Bonchev–Trinajstić information content (AvgIpc) is 0.686. The molecule has 0 aromatic heterocycles. The lowest BCUT2D eigenvalue weighted by molar-refractivity contribution is -0.369. The monoisotopic (exact) mass is 1250 g/mol. The number of fused-ring (bicyclic) bond motifs is 7. The minimum absolute atomic E-state index is 0.0516. The van der Waals surface area contributed by atoms with Crippen molar-refractivity contribution in [2.24, 2.45) is 50.2 Å². The lowest BCUT2D eigenvalue weighted by Gasteiger charge is -2.70. The Morgan fingerprint density at radius 3 is 1.53 bits per heavy atom. The first-order valence-corrected chi connectivity index (χ1v) is 29.7. The summed E-state index contributed by atoms with van der Waals surface area (Å²) in [5.41, 5.74) is -2.97. The molecule has 5 aliphatic carbocycles. The first kappa shape index (κ1) is 69.7. The summed E-state index contributed by atoms with van der Waals surface area (Å²) in [6.45, 7) is 14.5. The highest BCUT2D eigenvalue weighted by atomic mass is 16.8. The first-order valence-electron chi connectivity index (χ1n) is 29.7. The van der Waals surface area contributed by atoms with Gasteiger partial charge in [0.15, 0.2) is 30.6 Å². The van der Waals surface area contributed by atoms with Gasteiger partial charge in [0.05, 0.1) is 68.0 Å². The van der Waals surface area contributed by atoms with Gasteiger partial charge in [-0.2, -0.15) is 0 Å². The normalized spacial score (nSPS) is 39.2. The molecule has 22 atom stereocenters. The molecule has 8 N–H and O–H groups in total. The van der Waals surface area contributed by atoms with Gasteiger partial charge in [0.2, 0.25) is 5.91 Å². The van der Waals surface area contributed by atoms with Gasteiger partial charge in [-0.15, -0.1) is 0 Å². The van der Waals surface area contributed by atoms with Gasteiger partial charge >= 0.3 is 35.8 Å². The number of hydrogen-bond donors (Lipinski definition) is 8. The minimum Gasteiger partial charge on any atom is -0.469 e. The van der Waals surface area contributed by atoms with Gasteiger partial charge in [-0.25, -0.2) is 14.4 Å². The van der Waals surface area contributed by atoms with Crippen LogP contribution in [-0.4, -0.2) is 213 Å². The summed E-state index contributed by atoms with van der Waals surface area (Å²) >= 11 is 0. The minimum atomic E-state index is -2.25. The number of aliphatic hydroxyl groups is 5. The van der Waals surface area contributed by atoms with E-state index in [0.29, 0.717) is 38.5 Å². The quantitative estimate of drug-likeness (QED) is 0.0466. The molecule has 14 unspecified atom stereocenters. The molecule has 2 aliphatic heterocycles. The van der Waals surface area contributed by atoms with Gasteiger partial charge in [-0.3, -0.25) is 33.6 Å². The van der Waals surface area contributed by atoms with E-state index in [-0.39, 0.29) is 29.5 Å². The highest BCUT2D eigenvalue weighted by molar-refractivity contribution is 5.96. The summed E-state index contributed by atoms with van der Waals surface area (Å²) in [6.07, 6.45) is -17.5. The molecule has 2 heterocycles. The fourth-order valence-corrected chi connectivity index (χ4v) is 16.0. The second kappa shape index (κ2) is 26.6. The van der Waals surface area contributed by atoms with Gasteiger partial charge in [0.1, 0.15) is 54.7 Å². The number of carbonyl (C=O) groups excluding carboxylic acids is 10. The van der Waals surface area contributed by atoms with Gasteiger partial charge in [-0.05, 0) is 103 Å². The van der Waals surface area contributed by atoms with Crippen LogP contribution in [0, 0.1) is 50.2 Å². The molecule has 28 nitrogen and oxygen atoms in total. The van der Waals surface area contributed by atoms with Crippen LogP contribution in [0.1, 0.15) is 126 Å². The summed E-state index contributed by atoms with van der Waals surface area (Å²) in [4.78, 5) is 133. The maximum Gasteiger partial charge on any atom is 0.328 e. The number of methoxy groups -OCH3 is 6. The van der Waals surface area contributed by atoms with Crippen molar-refractivity contribution < 1.29 is 121 Å². The third kappa shape index (κ3) is 12.8. The topological polar surface area (TPSA) is 400 Å². The van der Waals surface area contributed by atoms with Crippen LogP contribution in [0.3, 0.4) is 0 Å². The number of allylic oxidation sites excluding steroid dienone is 2. The van der Waals surface area contributed by atoms with E-state index >= 15 is 4.79 Å². The third-order valence-corrected chi connectivity index (χ3v) is 21.5. The van der Waals surface area contributed by atoms with E-state index in [0.717, 1.165) is 46.9 Å². The number of ether oxygens (including phenoxy) is 10. The van der Waals surface area contributed by atoms with Crippen LogP contribution in [0.25, 0.3) is 0 Å². The number of nitrogens with one attached hydrogen (secondary N) is 3. The van der Waals surface area contributed by atoms with Crippen LogP contribution in [-0.2, 0) is 95.3 Å². The molecule has 0 spiro atoms. The Hall–Kier alpha value is -5.72. The van der Waals surface area contributed by atoms with E-state index in [1.54, 1.807) is 0 Å². The largest absolute Gasteiger partial charge is 0.469 e. The molecule has 0 radical (unpaired) electrons. The Morgan fingerprint density at radius 2 is 1.03 bits per heavy atom. The molecule has 6 fully saturated rings. The van der Waals surface area contributed by atoms with Crippen molar-refractivity contribution in [2.45, 2.75) is 211 Å². The third-order valence-electron chi connectivity index (χ3n) is 21.5. The van der Waals surface area contributed by atoms with Crippen LogP contribution in [0.2, 0.25) is 0 Å². The highest BCUT2D eigenvalue weighted by Gasteiger charge is 2.71. The summed E-state index contributed by atoms with van der Waals surface area (Å²) in [5, 5.41) is 64.6. The van der Waals surface area contributed by atoms with E-state index in [1.165, 1.54) is 14.2 Å². The van der Waals surface area contributed by atoms with Crippen molar-refractivity contribution >= 4 is 59.3 Å². The smallest absolute Gasteiger partial charge is 0.328 e. The van der Waals surface area contributed by atoms with E-state index in [2.05, 4.69) is 53.1 Å². The fraction of sp³-hybridized carbons (Fsp3) is 0.800. The number of esters is 6. The summed E-state index contributed by atoms with van der Waals surface area (Å²) in [5.74, 6) is -9.54. The molecule has 7 aliphatic rings. The summed E-state index contributed by atoms with van der Waals surface area (Å²) in [7, 11) is 6.40. The van der Waals surface area contributed by atoms with E-state index in [4.69, 9.17) is 37.9 Å². The number of aliphatic hydroxyl groups excluding tert-OH is 5. The van der Waals surface area contributed by atoms with Crippen molar-refractivity contribution in [1.82, 2.24) is 16.0 Å². The molecule has 88 heavy (non-hydrogen) atoms. The van der Waals surface area contributed by atoms with Crippen molar-refractivity contribution in [1.29, 1.82) is 0 Å². The van der Waals surface area contributed by atoms with Crippen molar-refractivity contribution in [2.75, 3.05) is 42.7 Å². The maximum absolute atomic E-state index is 15.5. The van der Waals surface area contributed by atoms with Crippen LogP contribution in [0.5, 0.6) is 0 Å². The van der Waals surface area contributed by atoms with E-state index in [9.17, 15) is 68.7 Å². The van der Waals surface area contributed by atoms with Crippen LogP contribution in [0.4, 0.5) is 0 Å². The van der Waals surface area contributed by atoms with Crippen molar-refractivity contribution in [3.63, 3.8) is 0 Å². The zero-order valence-electron chi connectivity index (χ0n) is 52.3. The van der Waals surface area contributed by atoms with Crippen molar-refractivity contribution in [3.05, 3.63) is 11.6 Å². The molecule has 2 saturated heterocycles. The molecule has 4 saturated carbocycles. The molecule has 7 rings (SSSR count). The van der Waals surface area contributed by atoms with Crippen LogP contribution in [0.15, 0.2) is 11.6 Å². The Bertz CT molecular complexity index is 2740. The van der Waals surface area contributed by atoms with Gasteiger partial charge < -0.3 is 88.9 Å². The van der Waals surface area contributed by atoms with Crippen LogP contribution >= 0.6 is 0 Å². The Kier molecular flexibility index (Phi) is 21.1. The van der Waals surface area contributed by atoms with Crippen molar-refractivity contribution in [3.8, 4) is 0 Å². The highest BCUT2D eigenvalue weighted by Crippen LogP contribution is 2.75. The zero-order valence-corrected chi connectivity index (χ0v) is 52.3. The molecule has 3 amide bonds. The number of hydrogen-bond acceptors (Lipinski definition) is 25. The predicted octanol–water partition coefficient (Wildman–Crippen LogP) is -0.345. The first-order chi connectivity index (χ1) is 41.1. The molecule has 28 heteroatoms. The second-order valence-corrected chi connectivity index (χ2v) is 26.7. The summed E-state index contributed by atoms with van der Waals surface area (Å²) < 4.78 is 53.4. The molecule has 0 bridgehead atoms. The van der Waals surface area contributed by atoms with Gasteiger partial charge in [0.25, 0.3) is 11.8 Å². The molecular weight excluding hydrogens is 1160 g/mol. The fourth-order valence-electron chi connectivity index (χ4n) is 16.0. The Balaban J connectivity index is 1.19. The van der Waals surface area contributed by atoms with Gasteiger partial charge in [0, 0.05) is 11.3 Å². The second-order valence-electron chi connectivity index (χ2n) is 26.7. The number of amides is 3. The molecule has 0 aromatic rings. The number of rotatable bonds is 19. The standard InChI is InChI=1S/C60H89N3O25/c1-55(2)33-14-17-60(7)46(32(64)22-27-28-26-57(4,19-18-56(28,3)20-21-59(27,60)6)54(78)63-31(51(77)84-13)25-37(67)81-10)58(33,5)16-15-34(55)85-53-45(41(71)40(70)44(87-53)48(74)62-30(50(76)83-12)24-36(66)80-9)88-52-42(72)38(68)39(69)43(86-52)47(73)61-29(49(75)82-11)23-35(65)79-8/h22,28-31,33-34,38-46,52-53,68-72H,14-21,23-26H2,1-13H3,(H,61,73)(H,62,74)(H,63,78)/t28?,29-,30-,31-,33?,34?,38?,39?,40?,41?,42?,43?,44?,45?,46?,52?,53?,56-,57+,58+,59-,60-/m1/s1. The van der Waals surface area contributed by atoms with E-state index < -0.39 is 191 Å². The molecular formula is C60H89N3O25. The maximum atomic E-state index is 15.5. The van der Waals surface area contributed by atoms with Gasteiger partial charge in [-0.1, -0.05) is 54.0 Å². The lowest BCUT2D eigenvalue weighted by Crippen LogP contribution is -2.69. The Morgan fingerprint density at radius 1 is 0.557 bits per heavy atom. The summed E-state index contributed by atoms with van der Waals surface area (Å²) in [6, 6.07) is -4.64. The number of carbonyl (C=O) groups is 10. The van der Waals surface area contributed by atoms with E-state index in [1.807, 2.05) is 26.8 Å². The van der Waals surface area contributed by atoms with Crippen LogP contribution < -0.4 is 16.0 Å². The zero-order chi connectivity index (χ0) is 65.6. The predicted molar refractivity (Wildman–Crippen MR) is 298 cm³/mol. The SMILES string of the molecule is COC(=O)C[C@@H](NC(=O)C1OC(OC2C(OC3CC[C@@]4(C)C(CC[C@]5(C)C4C(=O)C=C4C6C[C@@](C)(C(=O)N[C@H](CC(=O)OC)C(=O)OC)CC[C@]6(C)CC[C@]45C)C3(C)C)OC(C(=O)N[C@H](CC(=O)OC)C(=O)OC)C(O)C2O)C(O)C(O)C1O)C(=O)OC. The Labute approximate surface area is 510 Å². The average molecular weight is 1250 g/mol. The lowest BCUT2D eigenvalue weighted by atomic mass is 9.33. The molecule has 494 valence electrons. The number of ketones is 1. The molecule has 0 aromatic carbocycles.